The van der Waals surface area contributed by atoms with E-state index in [-0.39, 0.29) is 17.7 Å². The van der Waals surface area contributed by atoms with Crippen LogP contribution in [0.2, 0.25) is 0 Å². The highest BCUT2D eigenvalue weighted by molar-refractivity contribution is 9.10. The van der Waals surface area contributed by atoms with Crippen molar-refractivity contribution in [2.75, 3.05) is 20.6 Å². The average Bonchev–Trinajstić information content (AvgIpc) is 3.19. The number of amides is 2. The van der Waals surface area contributed by atoms with Gasteiger partial charge in [0.2, 0.25) is 11.8 Å². The van der Waals surface area contributed by atoms with Crippen molar-refractivity contribution < 1.29 is 9.59 Å². The molecule has 1 aliphatic rings. The second-order valence-electron chi connectivity index (χ2n) is 5.33. The molecule has 0 heterocycles. The van der Waals surface area contributed by atoms with E-state index in [0.29, 0.717) is 18.9 Å². The second kappa shape index (κ2) is 6.39. The van der Waals surface area contributed by atoms with E-state index in [0.717, 1.165) is 10.9 Å². The normalized spacial score (nSPS) is 20.4. The summed E-state index contributed by atoms with van der Waals surface area (Å²) in [4.78, 5) is 24.9. The Morgan fingerprint density at radius 1 is 1.30 bits per heavy atom. The van der Waals surface area contributed by atoms with Gasteiger partial charge >= 0.3 is 0 Å². The number of rotatable bonds is 5. The van der Waals surface area contributed by atoms with Crippen molar-refractivity contribution in [3.63, 3.8) is 0 Å². The maximum atomic E-state index is 12.0. The van der Waals surface area contributed by atoms with Crippen LogP contribution in [0.3, 0.4) is 0 Å². The summed E-state index contributed by atoms with van der Waals surface area (Å²) >= 11 is 3.40. The Hall–Kier alpha value is -1.36. The predicted octanol–water partition coefficient (Wildman–Crippen LogP) is 2.15. The Morgan fingerprint density at radius 3 is 2.55 bits per heavy atom. The van der Waals surface area contributed by atoms with Crippen molar-refractivity contribution in [1.82, 2.24) is 10.2 Å². The molecule has 2 atom stereocenters. The van der Waals surface area contributed by atoms with Gasteiger partial charge in [0.15, 0.2) is 0 Å². The minimum absolute atomic E-state index is 0.0329. The zero-order valence-corrected chi connectivity index (χ0v) is 13.3. The van der Waals surface area contributed by atoms with E-state index in [4.69, 9.17) is 0 Å². The third-order valence-electron chi connectivity index (χ3n) is 3.56. The van der Waals surface area contributed by atoms with Crippen LogP contribution in [0, 0.1) is 5.92 Å². The zero-order chi connectivity index (χ0) is 14.7. The molecule has 2 rings (SSSR count). The fourth-order valence-electron chi connectivity index (χ4n) is 2.21. The molecule has 0 aromatic heterocycles. The van der Waals surface area contributed by atoms with Gasteiger partial charge in [-0.15, -0.1) is 0 Å². The first-order valence-corrected chi connectivity index (χ1v) is 7.51. The second-order valence-corrected chi connectivity index (χ2v) is 6.25. The molecule has 1 aromatic rings. The summed E-state index contributed by atoms with van der Waals surface area (Å²) in [7, 11) is 3.43. The number of hydrogen-bond donors (Lipinski definition) is 1. The molecule has 0 bridgehead atoms. The van der Waals surface area contributed by atoms with Gasteiger partial charge in [0.05, 0.1) is 0 Å². The fraction of sp³-hybridized carbons (Fsp3) is 0.467. The van der Waals surface area contributed by atoms with Crippen LogP contribution in [-0.4, -0.2) is 37.4 Å². The molecule has 0 radical (unpaired) electrons. The predicted molar refractivity (Wildman–Crippen MR) is 81.3 cm³/mol. The van der Waals surface area contributed by atoms with E-state index in [1.807, 2.05) is 12.1 Å². The SMILES string of the molecule is CN(C)C(=O)CCNC(=O)[C@@H]1C[C@@H]1c1ccc(Br)cc1. The summed E-state index contributed by atoms with van der Waals surface area (Å²) in [6, 6.07) is 8.10. The number of nitrogens with one attached hydrogen (secondary N) is 1. The summed E-state index contributed by atoms with van der Waals surface area (Å²) in [6.45, 7) is 0.416. The number of carbonyl (C=O) groups is 2. The summed E-state index contributed by atoms with van der Waals surface area (Å²) in [5.41, 5.74) is 1.21. The van der Waals surface area contributed by atoms with Gasteiger partial charge in [0.25, 0.3) is 0 Å². The molecule has 0 unspecified atom stereocenters. The van der Waals surface area contributed by atoms with E-state index in [1.54, 1.807) is 14.1 Å². The lowest BCUT2D eigenvalue weighted by Gasteiger charge is -2.10. The average molecular weight is 339 g/mol. The lowest BCUT2D eigenvalue weighted by Crippen LogP contribution is -2.31. The third kappa shape index (κ3) is 3.82. The molecule has 1 saturated carbocycles. The molecular weight excluding hydrogens is 320 g/mol. The molecule has 4 nitrogen and oxygen atoms in total. The monoisotopic (exact) mass is 338 g/mol. The fourth-order valence-corrected chi connectivity index (χ4v) is 2.47. The summed E-state index contributed by atoms with van der Waals surface area (Å²) in [5, 5.41) is 2.85. The highest BCUT2D eigenvalue weighted by atomic mass is 79.9. The zero-order valence-electron chi connectivity index (χ0n) is 11.7. The maximum absolute atomic E-state index is 12.0. The molecule has 1 N–H and O–H groups in total. The molecule has 5 heteroatoms. The van der Waals surface area contributed by atoms with Gasteiger partial charge in [-0.3, -0.25) is 9.59 Å². The molecule has 0 saturated heterocycles. The van der Waals surface area contributed by atoms with Crippen LogP contribution in [0.5, 0.6) is 0 Å². The van der Waals surface area contributed by atoms with E-state index in [2.05, 4.69) is 33.4 Å². The van der Waals surface area contributed by atoms with Crippen LogP contribution in [-0.2, 0) is 9.59 Å². The molecule has 0 aliphatic heterocycles. The Balaban J connectivity index is 1.76. The Morgan fingerprint density at radius 2 is 1.95 bits per heavy atom. The first-order chi connectivity index (χ1) is 9.49. The van der Waals surface area contributed by atoms with Crippen molar-refractivity contribution in [3.05, 3.63) is 34.3 Å². The van der Waals surface area contributed by atoms with Gasteiger partial charge in [-0.1, -0.05) is 28.1 Å². The third-order valence-corrected chi connectivity index (χ3v) is 4.09. The molecule has 1 fully saturated rings. The Bertz CT molecular complexity index is 499. The minimum Gasteiger partial charge on any atom is -0.355 e. The standard InChI is InChI=1S/C15H19BrN2O2/c1-18(2)14(19)7-8-17-15(20)13-9-12(13)10-3-5-11(16)6-4-10/h3-6,12-13H,7-9H2,1-2H3,(H,17,20)/t12-,13-/m1/s1. The van der Waals surface area contributed by atoms with Crippen LogP contribution in [0.25, 0.3) is 0 Å². The summed E-state index contributed by atoms with van der Waals surface area (Å²) < 4.78 is 1.05. The molecule has 108 valence electrons. The lowest BCUT2D eigenvalue weighted by molar-refractivity contribution is -0.128. The molecule has 2 amide bonds. The summed E-state index contributed by atoms with van der Waals surface area (Å²) in [6.07, 6.45) is 1.25. The van der Waals surface area contributed by atoms with Crippen molar-refractivity contribution in [2.45, 2.75) is 18.8 Å². The van der Waals surface area contributed by atoms with Gasteiger partial charge in [0.1, 0.15) is 0 Å². The number of nitrogens with zero attached hydrogens (tertiary/aromatic N) is 1. The van der Waals surface area contributed by atoms with E-state index in [9.17, 15) is 9.59 Å². The van der Waals surface area contributed by atoms with Gasteiger partial charge in [0, 0.05) is 37.5 Å². The molecule has 0 spiro atoms. The quantitative estimate of drug-likeness (QED) is 0.894. The van der Waals surface area contributed by atoms with Crippen LogP contribution in [0.15, 0.2) is 28.7 Å². The first kappa shape index (κ1) is 15.0. The van der Waals surface area contributed by atoms with Crippen LogP contribution in [0.1, 0.15) is 24.3 Å². The molecule has 20 heavy (non-hydrogen) atoms. The van der Waals surface area contributed by atoms with E-state index < -0.39 is 0 Å². The van der Waals surface area contributed by atoms with Gasteiger partial charge < -0.3 is 10.2 Å². The van der Waals surface area contributed by atoms with Crippen LogP contribution >= 0.6 is 15.9 Å². The van der Waals surface area contributed by atoms with E-state index in [1.165, 1.54) is 10.5 Å². The van der Waals surface area contributed by atoms with Crippen molar-refractivity contribution in [3.8, 4) is 0 Å². The number of hydrogen-bond acceptors (Lipinski definition) is 2. The van der Waals surface area contributed by atoms with Gasteiger partial charge in [-0.2, -0.15) is 0 Å². The topological polar surface area (TPSA) is 49.4 Å². The van der Waals surface area contributed by atoms with Crippen molar-refractivity contribution in [1.29, 1.82) is 0 Å². The Labute approximate surface area is 127 Å². The molecule has 1 aliphatic carbocycles. The molecular formula is C15H19BrN2O2. The largest absolute Gasteiger partial charge is 0.355 e. The highest BCUT2D eigenvalue weighted by Crippen LogP contribution is 2.47. The van der Waals surface area contributed by atoms with Gasteiger partial charge in [-0.25, -0.2) is 0 Å². The van der Waals surface area contributed by atoms with Crippen LogP contribution in [0.4, 0.5) is 0 Å². The Kier molecular flexibility index (Phi) is 4.81. The highest BCUT2D eigenvalue weighted by Gasteiger charge is 2.43. The lowest BCUT2D eigenvalue weighted by atomic mass is 10.1. The van der Waals surface area contributed by atoms with Crippen LogP contribution < -0.4 is 5.32 Å². The minimum atomic E-state index is 0.0329. The number of halogens is 1. The smallest absolute Gasteiger partial charge is 0.223 e. The number of carbonyl (C=O) groups excluding carboxylic acids is 2. The maximum Gasteiger partial charge on any atom is 0.223 e. The summed E-state index contributed by atoms with van der Waals surface area (Å²) in [5.74, 6) is 0.480. The number of benzene rings is 1. The van der Waals surface area contributed by atoms with E-state index >= 15 is 0 Å². The van der Waals surface area contributed by atoms with Gasteiger partial charge in [-0.05, 0) is 30.0 Å². The molecule has 1 aromatic carbocycles. The first-order valence-electron chi connectivity index (χ1n) is 6.72. The van der Waals surface area contributed by atoms with Crippen molar-refractivity contribution >= 4 is 27.7 Å². The van der Waals surface area contributed by atoms with Crippen molar-refractivity contribution in [2.24, 2.45) is 5.92 Å².